The van der Waals surface area contributed by atoms with Gasteiger partial charge in [-0.3, -0.25) is 0 Å². The number of rotatable bonds is 4. The van der Waals surface area contributed by atoms with Crippen LogP contribution in [0.25, 0.3) is 0 Å². The molecule has 0 N–H and O–H groups in total. The van der Waals surface area contributed by atoms with Crippen molar-refractivity contribution in [1.82, 2.24) is 0 Å². The van der Waals surface area contributed by atoms with Crippen molar-refractivity contribution < 1.29 is 49.0 Å². The number of hydrogen-bond donors (Lipinski definition) is 0. The molecule has 0 rings (SSSR count). The monoisotopic (exact) mass is 296 g/mol. The van der Waals surface area contributed by atoms with E-state index in [2.05, 4.69) is 20.0 Å². The molecule has 0 spiro atoms. The van der Waals surface area contributed by atoms with E-state index in [4.69, 9.17) is 0 Å². The van der Waals surface area contributed by atoms with E-state index in [1.165, 1.54) is 28.1 Å². The summed E-state index contributed by atoms with van der Waals surface area (Å²) in [4.78, 5) is 27.8. The Morgan fingerprint density at radius 2 is 1.12 bits per heavy atom. The van der Waals surface area contributed by atoms with E-state index >= 15 is 0 Å². The zero-order valence-electron chi connectivity index (χ0n) is 10.1. The second kappa shape index (κ2) is 12.6. The second-order valence-electron chi connectivity index (χ2n) is 2.29. The maximum absolute atomic E-state index is 9.77. The van der Waals surface area contributed by atoms with E-state index in [1.54, 1.807) is 0 Å². The molecule has 0 bridgehead atoms. The van der Waals surface area contributed by atoms with Gasteiger partial charge in [0.15, 0.2) is 0 Å². The van der Waals surface area contributed by atoms with Crippen LogP contribution < -0.4 is 10.2 Å². The smallest absolute Gasteiger partial charge is 0.543 e. The Kier molecular flexibility index (Phi) is 15.4. The summed E-state index contributed by atoms with van der Waals surface area (Å²) in [6.07, 6.45) is 0. The van der Waals surface area contributed by atoms with E-state index in [1.807, 2.05) is 0 Å². The summed E-state index contributed by atoms with van der Waals surface area (Å²) in [7, 11) is 2.54. The summed E-state index contributed by atoms with van der Waals surface area (Å²) in [6.45, 7) is 2.58. The van der Waals surface area contributed by atoms with Crippen LogP contribution in [0.2, 0.25) is 0 Å². The van der Waals surface area contributed by atoms with Gasteiger partial charge in [0, 0.05) is 0 Å². The number of aliphatic carboxylic acids is 2. The molecule has 9 heteroatoms. The SMILES string of the molecule is CON=C(C)C(=O)[O-].CON=C(C)C(=O)[O-].[Zn+2]. The van der Waals surface area contributed by atoms with Crippen molar-refractivity contribution in [2.75, 3.05) is 14.2 Å². The summed E-state index contributed by atoms with van der Waals surface area (Å²) in [5.41, 5.74) is -0.319. The zero-order valence-corrected chi connectivity index (χ0v) is 13.0. The average Bonchev–Trinajstić information content (AvgIpc) is 2.19. The Hall–Kier alpha value is -1.50. The molecule has 0 aromatic heterocycles. The predicted octanol–water partition coefficient (Wildman–Crippen LogP) is -2.49. The van der Waals surface area contributed by atoms with Crippen molar-refractivity contribution in [2.24, 2.45) is 10.3 Å². The number of carboxylic acids is 2. The minimum absolute atomic E-state index is 0. The molecule has 8 nitrogen and oxygen atoms in total. The molecule has 0 saturated heterocycles. The number of carboxylic acid groups (broad SMARTS) is 2. The van der Waals surface area contributed by atoms with Gasteiger partial charge in [0.2, 0.25) is 0 Å². The van der Waals surface area contributed by atoms with Crippen molar-refractivity contribution >= 4 is 23.4 Å². The van der Waals surface area contributed by atoms with Crippen LogP contribution in [0.1, 0.15) is 13.8 Å². The first kappa shape index (κ1) is 20.9. The topological polar surface area (TPSA) is 123 Å². The largest absolute Gasteiger partial charge is 2.00 e. The van der Waals surface area contributed by atoms with Crippen molar-refractivity contribution in [2.45, 2.75) is 13.8 Å². The molecule has 0 aliphatic heterocycles. The molecular weight excluding hydrogens is 285 g/mol. The standard InChI is InChI=1S/2C4H7NO3.Zn/c2*1-3(4(6)7)5-8-2;/h2*1-2H3,(H,6,7);/q;;+2/p-2. The van der Waals surface area contributed by atoms with Gasteiger partial charge in [0.25, 0.3) is 0 Å². The fourth-order valence-corrected chi connectivity index (χ4v) is 0.348. The Balaban J connectivity index is -0.000000218. The van der Waals surface area contributed by atoms with Crippen LogP contribution in [0.15, 0.2) is 10.3 Å². The van der Waals surface area contributed by atoms with Crippen LogP contribution in [0.3, 0.4) is 0 Å². The first-order valence-electron chi connectivity index (χ1n) is 3.95. The summed E-state index contributed by atoms with van der Waals surface area (Å²) < 4.78 is 0. The third kappa shape index (κ3) is 14.5. The summed E-state index contributed by atoms with van der Waals surface area (Å²) in [6, 6.07) is 0. The molecule has 0 aliphatic rings. The number of carbonyl (C=O) groups is 2. The van der Waals surface area contributed by atoms with E-state index in [0.29, 0.717) is 0 Å². The van der Waals surface area contributed by atoms with Crippen LogP contribution in [0.5, 0.6) is 0 Å². The van der Waals surface area contributed by atoms with Crippen molar-refractivity contribution in [3.8, 4) is 0 Å². The van der Waals surface area contributed by atoms with E-state index in [-0.39, 0.29) is 30.9 Å². The molecular formula is C8H12N2O6Zn. The maximum Gasteiger partial charge on any atom is 2.00 e. The minimum Gasteiger partial charge on any atom is -0.543 e. The molecule has 0 saturated carbocycles. The molecule has 0 aliphatic carbocycles. The third-order valence-electron chi connectivity index (χ3n) is 1.05. The molecule has 0 radical (unpaired) electrons. The molecule has 0 aromatic rings. The van der Waals surface area contributed by atoms with Crippen molar-refractivity contribution in [3.63, 3.8) is 0 Å². The molecule has 17 heavy (non-hydrogen) atoms. The minimum atomic E-state index is -1.31. The fourth-order valence-electron chi connectivity index (χ4n) is 0.348. The van der Waals surface area contributed by atoms with Gasteiger partial charge in [-0.15, -0.1) is 0 Å². The van der Waals surface area contributed by atoms with E-state index in [9.17, 15) is 19.8 Å². The second-order valence-corrected chi connectivity index (χ2v) is 2.29. The van der Waals surface area contributed by atoms with E-state index in [0.717, 1.165) is 0 Å². The average molecular weight is 298 g/mol. The Labute approximate surface area is 111 Å². The van der Waals surface area contributed by atoms with Crippen LogP contribution in [0, 0.1) is 0 Å². The van der Waals surface area contributed by atoms with Gasteiger partial charge in [-0.2, -0.15) is 0 Å². The van der Waals surface area contributed by atoms with Crippen LogP contribution >= 0.6 is 0 Å². The van der Waals surface area contributed by atoms with Gasteiger partial charge in [-0.25, -0.2) is 0 Å². The number of oxime groups is 2. The van der Waals surface area contributed by atoms with Crippen LogP contribution in [-0.2, 0) is 38.7 Å². The number of nitrogens with zero attached hydrogens (tertiary/aromatic N) is 2. The predicted molar refractivity (Wildman–Crippen MR) is 50.3 cm³/mol. The molecule has 0 amide bonds. The summed E-state index contributed by atoms with van der Waals surface area (Å²) >= 11 is 0. The molecule has 92 valence electrons. The molecule has 0 unspecified atom stereocenters. The molecule has 0 heterocycles. The van der Waals surface area contributed by atoms with Gasteiger partial charge >= 0.3 is 19.5 Å². The molecule has 0 atom stereocenters. The summed E-state index contributed by atoms with van der Waals surface area (Å²) in [5.74, 6) is -2.63. The Morgan fingerprint density at radius 1 is 0.882 bits per heavy atom. The van der Waals surface area contributed by atoms with Crippen LogP contribution in [0.4, 0.5) is 0 Å². The third-order valence-corrected chi connectivity index (χ3v) is 1.05. The Morgan fingerprint density at radius 3 is 1.18 bits per heavy atom. The summed E-state index contributed by atoms with van der Waals surface area (Å²) in [5, 5.41) is 25.7. The maximum atomic E-state index is 9.77. The zero-order chi connectivity index (χ0) is 13.1. The Bertz CT molecular complexity index is 272. The van der Waals surface area contributed by atoms with Gasteiger partial charge < -0.3 is 29.5 Å². The van der Waals surface area contributed by atoms with E-state index < -0.39 is 11.9 Å². The van der Waals surface area contributed by atoms with Crippen molar-refractivity contribution in [1.29, 1.82) is 0 Å². The fraction of sp³-hybridized carbons (Fsp3) is 0.500. The first-order chi connectivity index (χ1) is 7.36. The first-order valence-corrected chi connectivity index (χ1v) is 3.95. The van der Waals surface area contributed by atoms with Gasteiger partial charge in [0.05, 0.1) is 23.4 Å². The van der Waals surface area contributed by atoms with Gasteiger partial charge in [0.1, 0.15) is 14.2 Å². The quantitative estimate of drug-likeness (QED) is 0.321. The molecule has 0 aromatic carbocycles. The number of carbonyl (C=O) groups excluding carboxylic acids is 2. The number of hydrogen-bond acceptors (Lipinski definition) is 8. The van der Waals surface area contributed by atoms with Gasteiger partial charge in [-0.1, -0.05) is 10.3 Å². The molecule has 0 fully saturated rings. The normalized spacial score (nSPS) is 10.4. The van der Waals surface area contributed by atoms with Gasteiger partial charge in [-0.05, 0) is 13.8 Å². The van der Waals surface area contributed by atoms with Crippen LogP contribution in [-0.4, -0.2) is 37.6 Å². The van der Waals surface area contributed by atoms with Crippen molar-refractivity contribution in [3.05, 3.63) is 0 Å².